The molecular weight excluding hydrogens is 96.1 g/mol. The highest BCUT2D eigenvalue weighted by Crippen LogP contribution is 2.19. The fourth-order valence-corrected chi connectivity index (χ4v) is 1.07. The molecule has 44 valence electrons. The van der Waals surface area contributed by atoms with Crippen LogP contribution in [0, 0.1) is 5.92 Å². The van der Waals surface area contributed by atoms with Crippen molar-refractivity contribution in [2.24, 2.45) is 5.92 Å². The SMILES string of the molecule is C=C1CC=CC(C)C1. The molecule has 1 aliphatic rings. The highest BCUT2D eigenvalue weighted by atomic mass is 14.1. The van der Waals surface area contributed by atoms with E-state index in [-0.39, 0.29) is 0 Å². The van der Waals surface area contributed by atoms with Crippen LogP contribution in [0.1, 0.15) is 19.8 Å². The summed E-state index contributed by atoms with van der Waals surface area (Å²) in [5.41, 5.74) is 1.38. The van der Waals surface area contributed by atoms with E-state index >= 15 is 0 Å². The lowest BCUT2D eigenvalue weighted by molar-refractivity contribution is 0.684. The van der Waals surface area contributed by atoms with E-state index in [1.165, 1.54) is 12.0 Å². The van der Waals surface area contributed by atoms with Crippen LogP contribution in [0.25, 0.3) is 0 Å². The van der Waals surface area contributed by atoms with Crippen LogP contribution >= 0.6 is 0 Å². The Morgan fingerprint density at radius 2 is 2.50 bits per heavy atom. The van der Waals surface area contributed by atoms with E-state index in [0.717, 1.165) is 12.3 Å². The van der Waals surface area contributed by atoms with Gasteiger partial charge in [-0.25, -0.2) is 0 Å². The largest absolute Gasteiger partial charge is 0.0995 e. The zero-order valence-electron chi connectivity index (χ0n) is 5.35. The molecule has 0 nitrogen and oxygen atoms in total. The van der Waals surface area contributed by atoms with Crippen LogP contribution in [0.2, 0.25) is 0 Å². The second-order valence-electron chi connectivity index (χ2n) is 2.56. The smallest absolute Gasteiger partial charge is 0.0141 e. The van der Waals surface area contributed by atoms with Gasteiger partial charge in [-0.1, -0.05) is 31.2 Å². The predicted octanol–water partition coefficient (Wildman–Crippen LogP) is 2.53. The monoisotopic (exact) mass is 108 g/mol. The van der Waals surface area contributed by atoms with Gasteiger partial charge in [0.05, 0.1) is 0 Å². The normalized spacial score (nSPS) is 28.6. The van der Waals surface area contributed by atoms with E-state index in [2.05, 4.69) is 25.7 Å². The zero-order chi connectivity index (χ0) is 5.98. The van der Waals surface area contributed by atoms with Crippen LogP contribution in [0.4, 0.5) is 0 Å². The molecule has 0 spiro atoms. The van der Waals surface area contributed by atoms with Crippen molar-refractivity contribution in [3.05, 3.63) is 24.3 Å². The lowest BCUT2D eigenvalue weighted by Crippen LogP contribution is -1.96. The Labute approximate surface area is 50.9 Å². The number of allylic oxidation sites excluding steroid dienone is 3. The minimum absolute atomic E-state index is 0.733. The lowest BCUT2D eigenvalue weighted by atomic mass is 9.94. The summed E-state index contributed by atoms with van der Waals surface area (Å²) < 4.78 is 0. The molecule has 0 radical (unpaired) electrons. The van der Waals surface area contributed by atoms with Gasteiger partial charge in [-0.05, 0) is 18.8 Å². The summed E-state index contributed by atoms with van der Waals surface area (Å²) in [5.74, 6) is 0.733. The van der Waals surface area contributed by atoms with Gasteiger partial charge in [-0.2, -0.15) is 0 Å². The van der Waals surface area contributed by atoms with Crippen molar-refractivity contribution in [2.45, 2.75) is 19.8 Å². The Bertz CT molecular complexity index is 120. The van der Waals surface area contributed by atoms with Crippen LogP contribution < -0.4 is 0 Å². The Morgan fingerprint density at radius 3 is 2.88 bits per heavy atom. The van der Waals surface area contributed by atoms with Crippen molar-refractivity contribution in [3.63, 3.8) is 0 Å². The van der Waals surface area contributed by atoms with Gasteiger partial charge in [-0.3, -0.25) is 0 Å². The average molecular weight is 108 g/mol. The lowest BCUT2D eigenvalue weighted by Gasteiger charge is -2.12. The first-order chi connectivity index (χ1) is 3.79. The van der Waals surface area contributed by atoms with E-state index in [1.807, 2.05) is 0 Å². The quantitative estimate of drug-likeness (QED) is 0.418. The minimum Gasteiger partial charge on any atom is -0.0995 e. The summed E-state index contributed by atoms with van der Waals surface area (Å²) in [6, 6.07) is 0. The fourth-order valence-electron chi connectivity index (χ4n) is 1.07. The molecule has 8 heavy (non-hydrogen) atoms. The first-order valence-corrected chi connectivity index (χ1v) is 3.12. The van der Waals surface area contributed by atoms with Crippen molar-refractivity contribution in [3.8, 4) is 0 Å². The molecule has 0 amide bonds. The predicted molar refractivity (Wildman–Crippen MR) is 36.7 cm³/mol. The van der Waals surface area contributed by atoms with Crippen LogP contribution in [-0.2, 0) is 0 Å². The molecule has 0 N–H and O–H groups in total. The Balaban J connectivity index is 2.54. The van der Waals surface area contributed by atoms with Crippen LogP contribution in [0.5, 0.6) is 0 Å². The average Bonchev–Trinajstić information content (AvgIpc) is 1.64. The van der Waals surface area contributed by atoms with Gasteiger partial charge in [-0.15, -0.1) is 0 Å². The molecule has 1 atom stereocenters. The molecule has 1 unspecified atom stereocenters. The topological polar surface area (TPSA) is 0 Å². The molecule has 0 fully saturated rings. The van der Waals surface area contributed by atoms with Crippen LogP contribution in [-0.4, -0.2) is 0 Å². The maximum atomic E-state index is 3.91. The summed E-state index contributed by atoms with van der Waals surface area (Å²) in [4.78, 5) is 0. The summed E-state index contributed by atoms with van der Waals surface area (Å²) in [5, 5.41) is 0. The molecule has 0 bridgehead atoms. The number of hydrogen-bond acceptors (Lipinski definition) is 0. The molecule has 0 aromatic rings. The number of rotatable bonds is 0. The summed E-state index contributed by atoms with van der Waals surface area (Å²) in [6.45, 7) is 6.14. The van der Waals surface area contributed by atoms with Crippen molar-refractivity contribution in [1.29, 1.82) is 0 Å². The molecule has 0 aromatic carbocycles. The zero-order valence-corrected chi connectivity index (χ0v) is 5.35. The first kappa shape index (κ1) is 5.61. The first-order valence-electron chi connectivity index (χ1n) is 3.12. The third-order valence-electron chi connectivity index (χ3n) is 1.48. The third-order valence-corrected chi connectivity index (χ3v) is 1.48. The fraction of sp³-hybridized carbons (Fsp3) is 0.500. The van der Waals surface area contributed by atoms with E-state index in [9.17, 15) is 0 Å². The van der Waals surface area contributed by atoms with Gasteiger partial charge in [0.15, 0.2) is 0 Å². The summed E-state index contributed by atoms with van der Waals surface area (Å²) >= 11 is 0. The van der Waals surface area contributed by atoms with Crippen molar-refractivity contribution in [1.82, 2.24) is 0 Å². The maximum Gasteiger partial charge on any atom is -0.0141 e. The number of hydrogen-bond donors (Lipinski definition) is 0. The highest BCUT2D eigenvalue weighted by molar-refractivity contribution is 5.10. The molecule has 1 rings (SSSR count). The molecule has 0 heterocycles. The molecule has 0 saturated heterocycles. The summed E-state index contributed by atoms with van der Waals surface area (Å²) in [7, 11) is 0. The van der Waals surface area contributed by atoms with Crippen molar-refractivity contribution >= 4 is 0 Å². The van der Waals surface area contributed by atoms with E-state index in [1.54, 1.807) is 0 Å². The van der Waals surface area contributed by atoms with Crippen molar-refractivity contribution < 1.29 is 0 Å². The molecule has 0 heteroatoms. The van der Waals surface area contributed by atoms with Crippen LogP contribution in [0.15, 0.2) is 24.3 Å². The maximum absolute atomic E-state index is 3.91. The third kappa shape index (κ3) is 1.22. The summed E-state index contributed by atoms with van der Waals surface area (Å²) in [6.07, 6.45) is 6.76. The van der Waals surface area contributed by atoms with Gasteiger partial charge >= 0.3 is 0 Å². The van der Waals surface area contributed by atoms with E-state index < -0.39 is 0 Å². The molecule has 0 aliphatic heterocycles. The van der Waals surface area contributed by atoms with Crippen LogP contribution in [0.3, 0.4) is 0 Å². The van der Waals surface area contributed by atoms with Crippen molar-refractivity contribution in [2.75, 3.05) is 0 Å². The van der Waals surface area contributed by atoms with Gasteiger partial charge < -0.3 is 0 Å². The van der Waals surface area contributed by atoms with Gasteiger partial charge in [0.25, 0.3) is 0 Å². The molecule has 0 aromatic heterocycles. The Hall–Kier alpha value is -0.520. The highest BCUT2D eigenvalue weighted by Gasteiger charge is 2.03. The second-order valence-corrected chi connectivity index (χ2v) is 2.56. The van der Waals surface area contributed by atoms with E-state index in [0.29, 0.717) is 0 Å². The second kappa shape index (κ2) is 2.17. The minimum atomic E-state index is 0.733. The Kier molecular flexibility index (Phi) is 1.52. The van der Waals surface area contributed by atoms with Gasteiger partial charge in [0, 0.05) is 0 Å². The van der Waals surface area contributed by atoms with Gasteiger partial charge in [0.1, 0.15) is 0 Å². The standard InChI is InChI=1S/C8H12/c1-7-4-3-5-8(2)6-7/h3,5,8H,1,4,6H2,2H3. The Morgan fingerprint density at radius 1 is 1.75 bits per heavy atom. The molecule has 1 aliphatic carbocycles. The van der Waals surface area contributed by atoms with E-state index in [4.69, 9.17) is 0 Å². The molecule has 0 saturated carbocycles. The van der Waals surface area contributed by atoms with Gasteiger partial charge in [0.2, 0.25) is 0 Å². The molecular formula is C8H12.